The minimum absolute atomic E-state index is 0.558. The second-order valence-corrected chi connectivity index (χ2v) is 5.24. The van der Waals surface area contributed by atoms with Gasteiger partial charge in [-0.05, 0) is 18.8 Å². The van der Waals surface area contributed by atoms with Gasteiger partial charge in [-0.15, -0.1) is 0 Å². The zero-order valence-corrected chi connectivity index (χ0v) is 11.5. The maximum absolute atomic E-state index is 5.95. The van der Waals surface area contributed by atoms with Crippen molar-refractivity contribution in [3.05, 3.63) is 0 Å². The second-order valence-electron chi connectivity index (χ2n) is 5.24. The Bertz CT molecular complexity index is 214. The molecule has 1 aliphatic carbocycles. The Morgan fingerprint density at radius 3 is 2.29 bits per heavy atom. The van der Waals surface area contributed by atoms with E-state index in [9.17, 15) is 0 Å². The number of nitrogens with zero attached hydrogens (tertiary/aromatic N) is 1. The highest BCUT2D eigenvalue weighted by Crippen LogP contribution is 2.17. The highest BCUT2D eigenvalue weighted by Gasteiger charge is 2.12. The molecule has 1 fully saturated rings. The summed E-state index contributed by atoms with van der Waals surface area (Å²) in [6.45, 7) is 5.32. The van der Waals surface area contributed by atoms with Crippen LogP contribution in [0.15, 0.2) is 4.99 Å². The van der Waals surface area contributed by atoms with Crippen LogP contribution in [-0.2, 0) is 0 Å². The number of guanidine groups is 1. The van der Waals surface area contributed by atoms with E-state index in [1.807, 2.05) is 0 Å². The third-order valence-electron chi connectivity index (χ3n) is 3.88. The lowest BCUT2D eigenvalue weighted by molar-refractivity contribution is 0.499. The van der Waals surface area contributed by atoms with Crippen LogP contribution in [0.2, 0.25) is 0 Å². The van der Waals surface area contributed by atoms with Gasteiger partial charge in [0, 0.05) is 12.6 Å². The molecule has 3 heteroatoms. The fourth-order valence-electron chi connectivity index (χ4n) is 2.45. The maximum atomic E-state index is 5.95. The van der Waals surface area contributed by atoms with Gasteiger partial charge in [0.15, 0.2) is 5.96 Å². The van der Waals surface area contributed by atoms with Crippen LogP contribution in [0, 0.1) is 5.92 Å². The van der Waals surface area contributed by atoms with E-state index in [0.717, 1.165) is 6.54 Å². The molecule has 0 spiro atoms. The molecule has 0 aromatic heterocycles. The van der Waals surface area contributed by atoms with Gasteiger partial charge in [-0.25, -0.2) is 0 Å². The van der Waals surface area contributed by atoms with E-state index in [0.29, 0.717) is 17.9 Å². The molecule has 3 nitrogen and oxygen atoms in total. The van der Waals surface area contributed by atoms with E-state index < -0.39 is 0 Å². The lowest BCUT2D eigenvalue weighted by Gasteiger charge is -2.17. The number of nitrogens with two attached hydrogens (primary N) is 1. The molecular weight excluding hydrogens is 210 g/mol. The van der Waals surface area contributed by atoms with Gasteiger partial charge in [0.05, 0.1) is 0 Å². The molecule has 0 aromatic rings. The minimum atomic E-state index is 0.558. The Labute approximate surface area is 106 Å². The van der Waals surface area contributed by atoms with Crippen LogP contribution in [0.25, 0.3) is 0 Å². The van der Waals surface area contributed by atoms with Gasteiger partial charge in [0.2, 0.25) is 0 Å². The highest BCUT2D eigenvalue weighted by molar-refractivity contribution is 5.78. The molecule has 0 radical (unpaired) electrons. The molecule has 1 aliphatic rings. The van der Waals surface area contributed by atoms with Crippen LogP contribution < -0.4 is 11.1 Å². The summed E-state index contributed by atoms with van der Waals surface area (Å²) < 4.78 is 0. The van der Waals surface area contributed by atoms with Crippen molar-refractivity contribution < 1.29 is 0 Å². The lowest BCUT2D eigenvalue weighted by Crippen LogP contribution is -2.40. The van der Waals surface area contributed by atoms with Crippen molar-refractivity contribution in [2.75, 3.05) is 6.54 Å². The second kappa shape index (κ2) is 8.37. The molecule has 100 valence electrons. The minimum Gasteiger partial charge on any atom is -0.370 e. The monoisotopic (exact) mass is 239 g/mol. The Morgan fingerprint density at radius 2 is 1.76 bits per heavy atom. The Kier molecular flexibility index (Phi) is 7.06. The first-order valence-corrected chi connectivity index (χ1v) is 7.32. The zero-order chi connectivity index (χ0) is 12.5. The van der Waals surface area contributed by atoms with Crippen LogP contribution in [0.5, 0.6) is 0 Å². The summed E-state index contributed by atoms with van der Waals surface area (Å²) in [7, 11) is 0. The SMILES string of the molecule is CCC(CC)CN=C(N)NC1CCCCCC1. The van der Waals surface area contributed by atoms with Crippen molar-refractivity contribution in [2.45, 2.75) is 71.3 Å². The first-order valence-electron chi connectivity index (χ1n) is 7.32. The van der Waals surface area contributed by atoms with Gasteiger partial charge in [-0.1, -0.05) is 52.4 Å². The largest absolute Gasteiger partial charge is 0.370 e. The summed E-state index contributed by atoms with van der Waals surface area (Å²) in [5.41, 5.74) is 5.95. The summed E-state index contributed by atoms with van der Waals surface area (Å²) >= 11 is 0. The molecular formula is C14H29N3. The summed E-state index contributed by atoms with van der Waals surface area (Å²) in [5.74, 6) is 1.34. The average molecular weight is 239 g/mol. The highest BCUT2D eigenvalue weighted by atomic mass is 15.1. The molecule has 1 saturated carbocycles. The van der Waals surface area contributed by atoms with Gasteiger partial charge in [-0.2, -0.15) is 0 Å². The van der Waals surface area contributed by atoms with Crippen LogP contribution in [0.4, 0.5) is 0 Å². The number of hydrogen-bond acceptors (Lipinski definition) is 1. The molecule has 0 aliphatic heterocycles. The zero-order valence-electron chi connectivity index (χ0n) is 11.5. The molecule has 1 rings (SSSR count). The molecule has 0 amide bonds. The van der Waals surface area contributed by atoms with Crippen LogP contribution in [0.3, 0.4) is 0 Å². The summed E-state index contributed by atoms with van der Waals surface area (Å²) in [6, 6.07) is 0.558. The predicted octanol–water partition coefficient (Wildman–Crippen LogP) is 3.05. The van der Waals surface area contributed by atoms with Crippen molar-refractivity contribution >= 4 is 5.96 Å². The van der Waals surface area contributed by atoms with E-state index in [2.05, 4.69) is 24.2 Å². The normalized spacial score (nSPS) is 19.4. The van der Waals surface area contributed by atoms with Crippen LogP contribution >= 0.6 is 0 Å². The van der Waals surface area contributed by atoms with Crippen molar-refractivity contribution in [3.8, 4) is 0 Å². The van der Waals surface area contributed by atoms with E-state index in [1.54, 1.807) is 0 Å². The van der Waals surface area contributed by atoms with Crippen LogP contribution in [-0.4, -0.2) is 18.5 Å². The number of nitrogens with one attached hydrogen (secondary N) is 1. The van der Waals surface area contributed by atoms with E-state index in [-0.39, 0.29) is 0 Å². The standard InChI is InChI=1S/C14H29N3/c1-3-12(4-2)11-16-14(15)17-13-9-7-5-6-8-10-13/h12-13H,3-11H2,1-2H3,(H3,15,16,17). The third kappa shape index (κ3) is 5.94. The van der Waals surface area contributed by atoms with Crippen molar-refractivity contribution in [1.82, 2.24) is 5.32 Å². The molecule has 0 heterocycles. The van der Waals surface area contributed by atoms with E-state index >= 15 is 0 Å². The molecule has 0 bridgehead atoms. The average Bonchev–Trinajstić information content (AvgIpc) is 2.59. The molecule has 0 unspecified atom stereocenters. The molecule has 17 heavy (non-hydrogen) atoms. The van der Waals surface area contributed by atoms with Crippen molar-refractivity contribution in [3.63, 3.8) is 0 Å². The van der Waals surface area contributed by atoms with Crippen molar-refractivity contribution in [1.29, 1.82) is 0 Å². The van der Waals surface area contributed by atoms with E-state index in [1.165, 1.54) is 51.4 Å². The molecule has 3 N–H and O–H groups in total. The van der Waals surface area contributed by atoms with Gasteiger partial charge in [0.1, 0.15) is 0 Å². The van der Waals surface area contributed by atoms with Gasteiger partial charge >= 0.3 is 0 Å². The fraction of sp³-hybridized carbons (Fsp3) is 0.929. The van der Waals surface area contributed by atoms with Gasteiger partial charge < -0.3 is 11.1 Å². The Balaban J connectivity index is 2.30. The predicted molar refractivity (Wildman–Crippen MR) is 75.2 cm³/mol. The first kappa shape index (κ1) is 14.3. The Hall–Kier alpha value is -0.730. The lowest BCUT2D eigenvalue weighted by atomic mass is 10.0. The topological polar surface area (TPSA) is 50.4 Å². The molecule has 0 atom stereocenters. The van der Waals surface area contributed by atoms with Crippen molar-refractivity contribution in [2.24, 2.45) is 16.6 Å². The first-order chi connectivity index (χ1) is 8.26. The summed E-state index contributed by atoms with van der Waals surface area (Å²) in [6.07, 6.45) is 10.3. The summed E-state index contributed by atoms with van der Waals surface area (Å²) in [5, 5.41) is 3.39. The smallest absolute Gasteiger partial charge is 0.188 e. The number of rotatable bonds is 5. The number of aliphatic imine (C=N–C) groups is 1. The van der Waals surface area contributed by atoms with Gasteiger partial charge in [0.25, 0.3) is 0 Å². The third-order valence-corrected chi connectivity index (χ3v) is 3.88. The quantitative estimate of drug-likeness (QED) is 0.440. The summed E-state index contributed by atoms with van der Waals surface area (Å²) in [4.78, 5) is 4.47. The van der Waals surface area contributed by atoms with Crippen LogP contribution in [0.1, 0.15) is 65.2 Å². The maximum Gasteiger partial charge on any atom is 0.188 e. The fourth-order valence-corrected chi connectivity index (χ4v) is 2.45. The number of hydrogen-bond donors (Lipinski definition) is 2. The molecule has 0 aromatic carbocycles. The molecule has 0 saturated heterocycles. The Morgan fingerprint density at radius 1 is 1.18 bits per heavy atom. The van der Waals surface area contributed by atoms with E-state index in [4.69, 9.17) is 5.73 Å². The van der Waals surface area contributed by atoms with Gasteiger partial charge in [-0.3, -0.25) is 4.99 Å².